The Bertz CT molecular complexity index is 591. The topological polar surface area (TPSA) is 66.8 Å². The Hall–Kier alpha value is -2.49. The van der Waals surface area contributed by atoms with E-state index in [1.807, 2.05) is 19.9 Å². The molecule has 0 amide bonds. The summed E-state index contributed by atoms with van der Waals surface area (Å²) in [6.07, 6.45) is -0.0561. The van der Waals surface area contributed by atoms with E-state index < -0.39 is 5.97 Å². The normalized spacial score (nSPS) is 10.3. The monoisotopic (exact) mass is 272 g/mol. The van der Waals surface area contributed by atoms with Gasteiger partial charge in [-0.1, -0.05) is 18.2 Å². The first-order chi connectivity index (χ1) is 9.45. The van der Waals surface area contributed by atoms with Crippen molar-refractivity contribution < 1.29 is 19.7 Å². The van der Waals surface area contributed by atoms with E-state index in [4.69, 9.17) is 4.74 Å². The highest BCUT2D eigenvalue weighted by molar-refractivity contribution is 5.76. The van der Waals surface area contributed by atoms with Gasteiger partial charge in [-0.15, -0.1) is 0 Å². The maximum absolute atomic E-state index is 11.8. The molecule has 0 unspecified atom stereocenters. The number of aryl methyl sites for hydroxylation is 2. The lowest BCUT2D eigenvalue weighted by molar-refractivity contribution is -0.133. The molecule has 2 aromatic rings. The van der Waals surface area contributed by atoms with Crippen molar-refractivity contribution >= 4 is 5.97 Å². The molecule has 0 saturated heterocycles. The highest BCUT2D eigenvalue weighted by Crippen LogP contribution is 2.27. The molecule has 0 aliphatic carbocycles. The first kappa shape index (κ1) is 13.9. The van der Waals surface area contributed by atoms with E-state index in [0.717, 1.165) is 11.1 Å². The summed E-state index contributed by atoms with van der Waals surface area (Å²) < 4.78 is 5.09. The van der Waals surface area contributed by atoms with Crippen LogP contribution in [0.3, 0.4) is 0 Å². The van der Waals surface area contributed by atoms with Gasteiger partial charge < -0.3 is 14.9 Å². The van der Waals surface area contributed by atoms with Crippen LogP contribution in [0.5, 0.6) is 17.2 Å². The van der Waals surface area contributed by atoms with Crippen LogP contribution in [0.4, 0.5) is 0 Å². The number of carbonyl (C=O) groups excluding carboxylic acids is 1. The second-order valence-corrected chi connectivity index (χ2v) is 4.75. The first-order valence-corrected chi connectivity index (χ1v) is 6.24. The molecule has 0 fully saturated rings. The second kappa shape index (κ2) is 5.65. The molecule has 0 bridgehead atoms. The largest absolute Gasteiger partial charge is 0.508 e. The van der Waals surface area contributed by atoms with Crippen LogP contribution in [-0.4, -0.2) is 16.2 Å². The molecule has 4 heteroatoms. The highest BCUT2D eigenvalue weighted by Gasteiger charge is 2.12. The fraction of sp³-hybridized carbons (Fsp3) is 0.188. The quantitative estimate of drug-likeness (QED) is 0.666. The average molecular weight is 272 g/mol. The third kappa shape index (κ3) is 3.29. The molecule has 0 aliphatic rings. The Morgan fingerprint density at radius 2 is 1.60 bits per heavy atom. The number of rotatable bonds is 3. The van der Waals surface area contributed by atoms with Gasteiger partial charge in [-0.25, -0.2) is 0 Å². The SMILES string of the molecule is Cc1ccc(CC(=O)Oc2ccc(C)cc2O)c(O)c1. The van der Waals surface area contributed by atoms with Crippen LogP contribution >= 0.6 is 0 Å². The third-order valence-corrected chi connectivity index (χ3v) is 2.91. The molecule has 0 spiro atoms. The van der Waals surface area contributed by atoms with E-state index in [2.05, 4.69) is 0 Å². The highest BCUT2D eigenvalue weighted by atomic mass is 16.5. The van der Waals surface area contributed by atoms with Gasteiger partial charge in [0, 0.05) is 5.56 Å². The van der Waals surface area contributed by atoms with E-state index in [1.165, 1.54) is 12.1 Å². The van der Waals surface area contributed by atoms with Gasteiger partial charge in [-0.2, -0.15) is 0 Å². The average Bonchev–Trinajstić information content (AvgIpc) is 2.36. The second-order valence-electron chi connectivity index (χ2n) is 4.75. The van der Waals surface area contributed by atoms with E-state index in [1.54, 1.807) is 18.2 Å². The van der Waals surface area contributed by atoms with Crippen LogP contribution in [0.2, 0.25) is 0 Å². The zero-order valence-electron chi connectivity index (χ0n) is 11.4. The third-order valence-electron chi connectivity index (χ3n) is 2.91. The molecular weight excluding hydrogens is 256 g/mol. The minimum Gasteiger partial charge on any atom is -0.508 e. The fourth-order valence-electron chi connectivity index (χ4n) is 1.85. The lowest BCUT2D eigenvalue weighted by Gasteiger charge is -2.08. The Balaban J connectivity index is 2.09. The zero-order valence-corrected chi connectivity index (χ0v) is 11.4. The fourth-order valence-corrected chi connectivity index (χ4v) is 1.85. The molecule has 2 rings (SSSR count). The van der Waals surface area contributed by atoms with Gasteiger partial charge in [0.05, 0.1) is 6.42 Å². The number of esters is 1. The van der Waals surface area contributed by atoms with Gasteiger partial charge in [0.25, 0.3) is 0 Å². The summed E-state index contributed by atoms with van der Waals surface area (Å²) in [5.41, 5.74) is 2.28. The summed E-state index contributed by atoms with van der Waals surface area (Å²) in [6, 6.07) is 9.88. The minimum atomic E-state index is -0.539. The van der Waals surface area contributed by atoms with Gasteiger partial charge in [-0.05, 0) is 43.2 Å². The standard InChI is InChI=1S/C16H16O4/c1-10-3-5-12(13(17)7-10)9-16(19)20-15-6-4-11(2)8-14(15)18/h3-8,17-18H,9H2,1-2H3. The Morgan fingerprint density at radius 1 is 1.00 bits per heavy atom. The van der Waals surface area contributed by atoms with Gasteiger partial charge in [0.2, 0.25) is 0 Å². The molecule has 0 aliphatic heterocycles. The maximum Gasteiger partial charge on any atom is 0.315 e. The molecule has 4 nitrogen and oxygen atoms in total. The zero-order chi connectivity index (χ0) is 14.7. The predicted molar refractivity (Wildman–Crippen MR) is 75.0 cm³/mol. The van der Waals surface area contributed by atoms with Crippen LogP contribution in [0.15, 0.2) is 36.4 Å². The van der Waals surface area contributed by atoms with Gasteiger partial charge >= 0.3 is 5.97 Å². The van der Waals surface area contributed by atoms with Crippen LogP contribution in [0.1, 0.15) is 16.7 Å². The molecule has 0 aromatic heterocycles. The Morgan fingerprint density at radius 3 is 2.20 bits per heavy atom. The van der Waals surface area contributed by atoms with Crippen molar-refractivity contribution in [1.82, 2.24) is 0 Å². The Kier molecular flexibility index (Phi) is 3.94. The molecule has 2 aromatic carbocycles. The number of phenols is 2. The first-order valence-electron chi connectivity index (χ1n) is 6.24. The van der Waals surface area contributed by atoms with Gasteiger partial charge in [0.1, 0.15) is 5.75 Å². The number of aromatic hydroxyl groups is 2. The maximum atomic E-state index is 11.8. The molecule has 0 saturated carbocycles. The van der Waals surface area contributed by atoms with Crippen LogP contribution in [0, 0.1) is 13.8 Å². The molecule has 0 heterocycles. The van der Waals surface area contributed by atoms with E-state index in [-0.39, 0.29) is 23.7 Å². The molecule has 0 radical (unpaired) electrons. The van der Waals surface area contributed by atoms with Crippen molar-refractivity contribution in [3.63, 3.8) is 0 Å². The van der Waals surface area contributed by atoms with Gasteiger partial charge in [-0.3, -0.25) is 4.79 Å². The van der Waals surface area contributed by atoms with E-state index in [9.17, 15) is 15.0 Å². The van der Waals surface area contributed by atoms with Crippen molar-refractivity contribution in [2.75, 3.05) is 0 Å². The molecule has 0 atom stereocenters. The molecule has 20 heavy (non-hydrogen) atoms. The Labute approximate surface area is 117 Å². The van der Waals surface area contributed by atoms with E-state index >= 15 is 0 Å². The smallest absolute Gasteiger partial charge is 0.315 e. The summed E-state index contributed by atoms with van der Waals surface area (Å²) in [5, 5.41) is 19.4. The lowest BCUT2D eigenvalue weighted by atomic mass is 10.1. The van der Waals surface area contributed by atoms with Crippen LogP contribution in [0.25, 0.3) is 0 Å². The van der Waals surface area contributed by atoms with Crippen molar-refractivity contribution in [3.8, 4) is 17.2 Å². The summed E-state index contributed by atoms with van der Waals surface area (Å²) in [7, 11) is 0. The summed E-state index contributed by atoms with van der Waals surface area (Å²) in [4.78, 5) is 11.8. The predicted octanol–water partition coefficient (Wildman–Crippen LogP) is 2.86. The van der Waals surface area contributed by atoms with Crippen LogP contribution in [-0.2, 0) is 11.2 Å². The number of carbonyl (C=O) groups is 1. The molecule has 104 valence electrons. The number of benzene rings is 2. The number of hydrogen-bond acceptors (Lipinski definition) is 4. The number of ether oxygens (including phenoxy) is 1. The molecule has 2 N–H and O–H groups in total. The van der Waals surface area contributed by atoms with Crippen molar-refractivity contribution in [2.24, 2.45) is 0 Å². The lowest BCUT2D eigenvalue weighted by Crippen LogP contribution is -2.11. The summed E-state index contributed by atoms with van der Waals surface area (Å²) in [5.74, 6) is -0.433. The van der Waals surface area contributed by atoms with Crippen LogP contribution < -0.4 is 4.74 Å². The molecular formula is C16H16O4. The van der Waals surface area contributed by atoms with Crippen molar-refractivity contribution in [1.29, 1.82) is 0 Å². The van der Waals surface area contributed by atoms with Crippen molar-refractivity contribution in [3.05, 3.63) is 53.1 Å². The number of phenolic OH excluding ortho intramolecular Hbond substituents is 2. The van der Waals surface area contributed by atoms with E-state index in [0.29, 0.717) is 5.56 Å². The summed E-state index contributed by atoms with van der Waals surface area (Å²) in [6.45, 7) is 3.68. The van der Waals surface area contributed by atoms with Gasteiger partial charge in [0.15, 0.2) is 11.5 Å². The minimum absolute atomic E-state index is 0.0561. The number of hydrogen-bond donors (Lipinski definition) is 2. The van der Waals surface area contributed by atoms with Crippen molar-refractivity contribution in [2.45, 2.75) is 20.3 Å². The summed E-state index contributed by atoms with van der Waals surface area (Å²) >= 11 is 0.